The van der Waals surface area contributed by atoms with Crippen molar-refractivity contribution in [3.8, 4) is 23.3 Å². The highest BCUT2D eigenvalue weighted by atomic mass is 35.5. The molecule has 1 atom stereocenters. The number of allylic oxidation sites excluding steroid dienone is 1. The zero-order valence-electron chi connectivity index (χ0n) is 19.6. The van der Waals surface area contributed by atoms with Crippen LogP contribution in [0.25, 0.3) is 0 Å². The monoisotopic (exact) mass is 508 g/mol. The zero-order valence-corrected chi connectivity index (χ0v) is 20.3. The number of ether oxygens (including phenoxy) is 3. The third-order valence-electron chi connectivity index (χ3n) is 5.92. The van der Waals surface area contributed by atoms with Crippen molar-refractivity contribution in [2.75, 3.05) is 0 Å². The first-order chi connectivity index (χ1) is 18.0. The Morgan fingerprint density at radius 1 is 0.946 bits per heavy atom. The molecule has 0 aromatic heterocycles. The molecule has 0 radical (unpaired) electrons. The first-order valence-electron chi connectivity index (χ1n) is 11.5. The van der Waals surface area contributed by atoms with Crippen LogP contribution >= 0.6 is 11.6 Å². The Bertz CT molecular complexity index is 1530. The van der Waals surface area contributed by atoms with Crippen LogP contribution < -0.4 is 19.9 Å². The molecule has 1 aliphatic rings. The van der Waals surface area contributed by atoms with E-state index in [4.69, 9.17) is 31.5 Å². The molecule has 37 heavy (non-hydrogen) atoms. The van der Waals surface area contributed by atoms with Crippen LogP contribution in [0.3, 0.4) is 0 Å². The maximum absolute atomic E-state index is 12.5. The molecule has 2 N–H and O–H groups in total. The molecule has 4 aromatic carbocycles. The summed E-state index contributed by atoms with van der Waals surface area (Å²) in [6, 6.07) is 31.1. The van der Waals surface area contributed by atoms with Crippen molar-refractivity contribution in [1.29, 1.82) is 5.26 Å². The van der Waals surface area contributed by atoms with E-state index in [1.54, 1.807) is 36.4 Å². The lowest BCUT2D eigenvalue weighted by Crippen LogP contribution is -2.21. The van der Waals surface area contributed by atoms with Crippen molar-refractivity contribution >= 4 is 17.6 Å². The number of benzene rings is 4. The summed E-state index contributed by atoms with van der Waals surface area (Å²) in [7, 11) is 0. The van der Waals surface area contributed by atoms with Gasteiger partial charge >= 0.3 is 5.97 Å². The van der Waals surface area contributed by atoms with E-state index in [9.17, 15) is 10.1 Å². The normalized spacial score (nSPS) is 14.2. The third-order valence-corrected chi connectivity index (χ3v) is 6.16. The molecule has 0 aliphatic carbocycles. The minimum atomic E-state index is -0.554. The van der Waals surface area contributed by atoms with E-state index < -0.39 is 11.9 Å². The average Bonchev–Trinajstić information content (AvgIpc) is 2.92. The summed E-state index contributed by atoms with van der Waals surface area (Å²) < 4.78 is 17.1. The van der Waals surface area contributed by atoms with Gasteiger partial charge in [0.2, 0.25) is 5.88 Å². The molecule has 0 saturated heterocycles. The lowest BCUT2D eigenvalue weighted by Gasteiger charge is -2.26. The first-order valence-corrected chi connectivity index (χ1v) is 11.9. The highest BCUT2D eigenvalue weighted by Crippen LogP contribution is 2.43. The Balaban J connectivity index is 1.39. The lowest BCUT2D eigenvalue weighted by atomic mass is 9.83. The van der Waals surface area contributed by atoms with Crippen LogP contribution in [0.15, 0.2) is 109 Å². The second-order valence-electron chi connectivity index (χ2n) is 8.37. The quantitative estimate of drug-likeness (QED) is 0.240. The molecule has 0 bridgehead atoms. The number of nitrogens with zero attached hydrogens (tertiary/aromatic N) is 1. The topological polar surface area (TPSA) is 94.6 Å². The fraction of sp³-hybridized carbons (Fsp3) is 0.0667. The molecule has 7 heteroatoms. The van der Waals surface area contributed by atoms with E-state index in [1.165, 1.54) is 6.07 Å². The van der Waals surface area contributed by atoms with Crippen LogP contribution in [-0.4, -0.2) is 5.97 Å². The zero-order chi connectivity index (χ0) is 25.8. The second kappa shape index (κ2) is 10.5. The van der Waals surface area contributed by atoms with E-state index in [0.717, 1.165) is 16.7 Å². The molecule has 5 rings (SSSR count). The maximum Gasteiger partial charge on any atom is 0.343 e. The summed E-state index contributed by atoms with van der Waals surface area (Å²) in [5, 5.41) is 10.3. The molecule has 1 aliphatic heterocycles. The number of hydrogen-bond acceptors (Lipinski definition) is 6. The van der Waals surface area contributed by atoms with Crippen LogP contribution in [0.2, 0.25) is 5.02 Å². The second-order valence-corrected chi connectivity index (χ2v) is 8.80. The van der Waals surface area contributed by atoms with Gasteiger partial charge in [0.1, 0.15) is 35.5 Å². The molecule has 0 saturated carbocycles. The summed E-state index contributed by atoms with van der Waals surface area (Å²) in [4.78, 5) is 12.5. The fourth-order valence-corrected chi connectivity index (χ4v) is 4.31. The summed E-state index contributed by atoms with van der Waals surface area (Å²) in [6.45, 7) is 0.452. The molecular weight excluding hydrogens is 488 g/mol. The Morgan fingerprint density at radius 2 is 1.70 bits per heavy atom. The highest BCUT2D eigenvalue weighted by molar-refractivity contribution is 6.30. The molecule has 0 fully saturated rings. The van der Waals surface area contributed by atoms with Gasteiger partial charge in [-0.2, -0.15) is 5.26 Å². The maximum atomic E-state index is 12.5. The molecule has 1 heterocycles. The summed E-state index contributed by atoms with van der Waals surface area (Å²) in [5.41, 5.74) is 9.39. The predicted molar refractivity (Wildman–Crippen MR) is 139 cm³/mol. The van der Waals surface area contributed by atoms with Crippen LogP contribution in [0.5, 0.6) is 17.2 Å². The van der Waals surface area contributed by atoms with Gasteiger partial charge in [-0.25, -0.2) is 4.79 Å². The van der Waals surface area contributed by atoms with Gasteiger partial charge in [-0.3, -0.25) is 0 Å². The number of carbonyl (C=O) groups is 1. The van der Waals surface area contributed by atoms with E-state index in [-0.39, 0.29) is 11.6 Å². The fourth-order valence-electron chi connectivity index (χ4n) is 4.12. The predicted octanol–water partition coefficient (Wildman–Crippen LogP) is 6.36. The van der Waals surface area contributed by atoms with Crippen molar-refractivity contribution in [1.82, 2.24) is 0 Å². The highest BCUT2D eigenvalue weighted by Gasteiger charge is 2.31. The van der Waals surface area contributed by atoms with Gasteiger partial charge in [0.25, 0.3) is 0 Å². The summed E-state index contributed by atoms with van der Waals surface area (Å²) >= 11 is 5.98. The molecule has 1 unspecified atom stereocenters. The van der Waals surface area contributed by atoms with E-state index >= 15 is 0 Å². The number of esters is 1. The minimum Gasteiger partial charge on any atom is -0.489 e. The SMILES string of the molecule is N#CC1=C(N)Oc2cc(OC(=O)c3cccc(Cl)c3)ccc2C1c1ccc(OCc2ccccc2)cc1. The van der Waals surface area contributed by atoms with E-state index in [1.807, 2.05) is 54.6 Å². The van der Waals surface area contributed by atoms with Crippen LogP contribution in [0.4, 0.5) is 0 Å². The third kappa shape index (κ3) is 5.27. The minimum absolute atomic E-state index is 0.00252. The smallest absolute Gasteiger partial charge is 0.343 e. The Morgan fingerprint density at radius 3 is 2.43 bits per heavy atom. The van der Waals surface area contributed by atoms with Gasteiger partial charge in [-0.05, 0) is 47.5 Å². The van der Waals surface area contributed by atoms with Crippen molar-refractivity contribution < 1.29 is 19.0 Å². The average molecular weight is 509 g/mol. The van der Waals surface area contributed by atoms with Gasteiger partial charge < -0.3 is 19.9 Å². The largest absolute Gasteiger partial charge is 0.489 e. The van der Waals surface area contributed by atoms with Crippen LogP contribution in [0.1, 0.15) is 33.0 Å². The Hall–Kier alpha value is -4.73. The van der Waals surface area contributed by atoms with Crippen LogP contribution in [-0.2, 0) is 6.61 Å². The van der Waals surface area contributed by atoms with E-state index in [2.05, 4.69) is 6.07 Å². The van der Waals surface area contributed by atoms with Crippen molar-refractivity contribution in [2.24, 2.45) is 5.73 Å². The number of hydrogen-bond donors (Lipinski definition) is 1. The van der Waals surface area contributed by atoms with E-state index in [0.29, 0.717) is 34.3 Å². The summed E-state index contributed by atoms with van der Waals surface area (Å²) in [6.07, 6.45) is 0. The van der Waals surface area contributed by atoms with Crippen molar-refractivity contribution in [2.45, 2.75) is 12.5 Å². The van der Waals surface area contributed by atoms with Gasteiger partial charge in [0, 0.05) is 16.7 Å². The molecular formula is C30H21ClN2O4. The molecule has 182 valence electrons. The number of carbonyl (C=O) groups excluding carboxylic acids is 1. The van der Waals surface area contributed by atoms with Crippen molar-refractivity contribution in [3.63, 3.8) is 0 Å². The van der Waals surface area contributed by atoms with Crippen LogP contribution in [0, 0.1) is 11.3 Å². The molecule has 6 nitrogen and oxygen atoms in total. The number of nitriles is 1. The standard InChI is InChI=1S/C30H21ClN2O4/c31-22-8-4-7-21(15-22)30(34)36-24-13-14-25-27(16-24)37-29(33)26(17-32)28(25)20-9-11-23(12-10-20)35-18-19-5-2-1-3-6-19/h1-16,28H,18,33H2. The first kappa shape index (κ1) is 24.0. The number of rotatable bonds is 6. The molecule has 4 aromatic rings. The van der Waals surface area contributed by atoms with Gasteiger partial charge in [0.05, 0.1) is 11.5 Å². The van der Waals surface area contributed by atoms with Gasteiger partial charge in [0.15, 0.2) is 0 Å². The van der Waals surface area contributed by atoms with Gasteiger partial charge in [-0.1, -0.05) is 66.2 Å². The van der Waals surface area contributed by atoms with Crippen molar-refractivity contribution in [3.05, 3.63) is 136 Å². The summed E-state index contributed by atoms with van der Waals surface area (Å²) in [5.74, 6) is 0.390. The number of halogens is 1. The Labute approximate surface area is 219 Å². The number of nitrogens with two attached hydrogens (primary N) is 1. The molecule has 0 amide bonds. The number of fused-ring (bicyclic) bond motifs is 1. The molecule has 0 spiro atoms. The van der Waals surface area contributed by atoms with Gasteiger partial charge in [-0.15, -0.1) is 0 Å². The lowest BCUT2D eigenvalue weighted by molar-refractivity contribution is 0.0734. The Kier molecular flexibility index (Phi) is 6.80.